The fraction of sp³-hybridized carbons (Fsp3) is 0.533. The Kier molecular flexibility index (Phi) is 8.76. The molecule has 1 aromatic carbocycles. The second-order valence-electron chi connectivity index (χ2n) is 4.73. The lowest BCUT2D eigenvalue weighted by Crippen LogP contribution is -2.36. The average molecular weight is 331 g/mol. The topological polar surface area (TPSA) is 50.4 Å². The highest BCUT2D eigenvalue weighted by atomic mass is 35.5. The Morgan fingerprint density at radius 3 is 2.95 bits per heavy atom. The number of halogens is 1. The number of nitrogens with one attached hydrogen (secondary N) is 2. The molecule has 1 heterocycles. The lowest BCUT2D eigenvalue weighted by atomic mass is 10.0. The van der Waals surface area contributed by atoms with Crippen molar-refractivity contribution in [2.24, 2.45) is 0 Å². The number of ether oxygens (including phenoxy) is 1. The van der Waals surface area contributed by atoms with Gasteiger partial charge in [0.05, 0.1) is 6.61 Å². The van der Waals surface area contributed by atoms with E-state index in [1.54, 1.807) is 18.9 Å². The van der Waals surface area contributed by atoms with Crippen molar-refractivity contribution in [1.29, 1.82) is 0 Å². The van der Waals surface area contributed by atoms with E-state index < -0.39 is 0 Å². The summed E-state index contributed by atoms with van der Waals surface area (Å²) in [6.45, 7) is 2.93. The van der Waals surface area contributed by atoms with Crippen LogP contribution in [-0.2, 0) is 16.0 Å². The minimum Gasteiger partial charge on any atom is -0.383 e. The summed E-state index contributed by atoms with van der Waals surface area (Å²) in [5.41, 5.74) is 2.48. The van der Waals surface area contributed by atoms with Gasteiger partial charge in [-0.2, -0.15) is 0 Å². The van der Waals surface area contributed by atoms with Crippen LogP contribution >= 0.6 is 24.2 Å². The molecule has 1 unspecified atom stereocenters. The van der Waals surface area contributed by atoms with Gasteiger partial charge in [-0.25, -0.2) is 0 Å². The van der Waals surface area contributed by atoms with Crippen molar-refractivity contribution in [3.63, 3.8) is 0 Å². The van der Waals surface area contributed by atoms with Crippen molar-refractivity contribution >= 4 is 30.1 Å². The van der Waals surface area contributed by atoms with Gasteiger partial charge in [0.2, 0.25) is 5.91 Å². The first-order valence-electron chi connectivity index (χ1n) is 6.99. The SMILES string of the molecule is COCCNCCNC(=O)C1SCCc2ccccc21.Cl. The molecule has 1 aliphatic heterocycles. The zero-order valence-corrected chi connectivity index (χ0v) is 13.9. The monoisotopic (exact) mass is 330 g/mol. The maximum Gasteiger partial charge on any atom is 0.237 e. The molecule has 1 amide bonds. The highest BCUT2D eigenvalue weighted by Gasteiger charge is 2.26. The number of methoxy groups -OCH3 is 1. The van der Waals surface area contributed by atoms with Crippen molar-refractivity contribution < 1.29 is 9.53 Å². The van der Waals surface area contributed by atoms with E-state index in [-0.39, 0.29) is 23.6 Å². The second kappa shape index (κ2) is 10.1. The largest absolute Gasteiger partial charge is 0.383 e. The average Bonchev–Trinajstić information content (AvgIpc) is 2.50. The third kappa shape index (κ3) is 5.51. The summed E-state index contributed by atoms with van der Waals surface area (Å²) in [6.07, 6.45) is 1.06. The van der Waals surface area contributed by atoms with Gasteiger partial charge in [0.15, 0.2) is 0 Å². The van der Waals surface area contributed by atoms with E-state index in [0.29, 0.717) is 13.2 Å². The number of aryl methyl sites for hydroxylation is 1. The molecule has 2 N–H and O–H groups in total. The molecule has 1 atom stereocenters. The quantitative estimate of drug-likeness (QED) is 0.748. The van der Waals surface area contributed by atoms with E-state index in [9.17, 15) is 4.79 Å². The molecule has 0 saturated carbocycles. The highest BCUT2D eigenvalue weighted by molar-refractivity contribution is 8.00. The van der Waals surface area contributed by atoms with Gasteiger partial charge in [-0.1, -0.05) is 24.3 Å². The summed E-state index contributed by atoms with van der Waals surface area (Å²) in [5, 5.41) is 6.17. The first-order valence-corrected chi connectivity index (χ1v) is 8.04. The van der Waals surface area contributed by atoms with Crippen LogP contribution in [0.15, 0.2) is 24.3 Å². The summed E-state index contributed by atoms with van der Waals surface area (Å²) in [4.78, 5) is 12.3. The molecule has 1 aliphatic rings. The number of rotatable bonds is 7. The van der Waals surface area contributed by atoms with Gasteiger partial charge in [0.25, 0.3) is 0 Å². The predicted octanol–water partition coefficient (Wildman–Crippen LogP) is 1.79. The molecular formula is C15H23ClN2O2S. The number of carbonyl (C=O) groups excluding carboxylic acids is 1. The van der Waals surface area contributed by atoms with E-state index in [1.165, 1.54) is 11.1 Å². The van der Waals surface area contributed by atoms with E-state index in [0.717, 1.165) is 25.3 Å². The number of carbonyl (C=O) groups is 1. The molecule has 4 nitrogen and oxygen atoms in total. The summed E-state index contributed by atoms with van der Waals surface area (Å²) < 4.78 is 4.95. The van der Waals surface area contributed by atoms with Gasteiger partial charge in [0.1, 0.15) is 5.25 Å². The third-order valence-corrected chi connectivity index (χ3v) is 4.56. The first-order chi connectivity index (χ1) is 9.83. The van der Waals surface area contributed by atoms with Crippen molar-refractivity contribution in [2.75, 3.05) is 39.1 Å². The molecule has 118 valence electrons. The van der Waals surface area contributed by atoms with Crippen molar-refractivity contribution in [2.45, 2.75) is 11.7 Å². The fourth-order valence-corrected chi connectivity index (χ4v) is 3.49. The fourth-order valence-electron chi connectivity index (χ4n) is 2.28. The van der Waals surface area contributed by atoms with E-state index in [4.69, 9.17) is 4.74 Å². The lowest BCUT2D eigenvalue weighted by Gasteiger charge is -2.24. The van der Waals surface area contributed by atoms with Crippen LogP contribution < -0.4 is 10.6 Å². The summed E-state index contributed by atoms with van der Waals surface area (Å²) in [5.74, 6) is 1.14. The van der Waals surface area contributed by atoms with Crippen molar-refractivity contribution in [3.8, 4) is 0 Å². The van der Waals surface area contributed by atoms with Crippen molar-refractivity contribution in [1.82, 2.24) is 10.6 Å². The van der Waals surface area contributed by atoms with Gasteiger partial charge in [-0.05, 0) is 23.3 Å². The Labute approximate surface area is 136 Å². The summed E-state index contributed by atoms with van der Waals surface area (Å²) >= 11 is 1.73. The molecule has 0 saturated heterocycles. The zero-order chi connectivity index (χ0) is 14.2. The molecule has 6 heteroatoms. The molecule has 0 aliphatic carbocycles. The third-order valence-electron chi connectivity index (χ3n) is 3.32. The molecule has 2 rings (SSSR count). The summed E-state index contributed by atoms with van der Waals surface area (Å²) in [6, 6.07) is 8.25. The van der Waals surface area contributed by atoms with Crippen LogP contribution in [0.4, 0.5) is 0 Å². The number of hydrogen-bond acceptors (Lipinski definition) is 4. The van der Waals surface area contributed by atoms with Gasteiger partial charge < -0.3 is 15.4 Å². The van der Waals surface area contributed by atoms with Gasteiger partial charge >= 0.3 is 0 Å². The van der Waals surface area contributed by atoms with Crippen LogP contribution in [0.2, 0.25) is 0 Å². The molecule has 0 aromatic heterocycles. The Morgan fingerprint density at radius 1 is 1.33 bits per heavy atom. The van der Waals surface area contributed by atoms with Crippen LogP contribution in [-0.4, -0.2) is 45.0 Å². The van der Waals surface area contributed by atoms with E-state index in [1.807, 2.05) is 12.1 Å². The smallest absolute Gasteiger partial charge is 0.237 e. The minimum atomic E-state index is -0.0566. The van der Waals surface area contributed by atoms with Crippen LogP contribution in [0.3, 0.4) is 0 Å². The molecule has 0 radical (unpaired) electrons. The Balaban J connectivity index is 0.00000220. The van der Waals surface area contributed by atoms with Gasteiger partial charge in [-0.3, -0.25) is 4.79 Å². The summed E-state index contributed by atoms with van der Waals surface area (Å²) in [7, 11) is 1.68. The van der Waals surface area contributed by atoms with E-state index in [2.05, 4.69) is 22.8 Å². The van der Waals surface area contributed by atoms with Crippen molar-refractivity contribution in [3.05, 3.63) is 35.4 Å². The molecule has 1 aromatic rings. The van der Waals surface area contributed by atoms with Crippen LogP contribution in [0.5, 0.6) is 0 Å². The lowest BCUT2D eigenvalue weighted by molar-refractivity contribution is -0.120. The molecule has 0 fully saturated rings. The van der Waals surface area contributed by atoms with Crippen LogP contribution in [0.25, 0.3) is 0 Å². The predicted molar refractivity (Wildman–Crippen MR) is 90.3 cm³/mol. The number of thioether (sulfide) groups is 1. The zero-order valence-electron chi connectivity index (χ0n) is 12.3. The Morgan fingerprint density at radius 2 is 2.14 bits per heavy atom. The van der Waals surface area contributed by atoms with Gasteiger partial charge in [0, 0.05) is 26.7 Å². The minimum absolute atomic E-state index is 0. The Hall–Kier alpha value is -0.750. The standard InChI is InChI=1S/C15H22N2O2S.ClH/c1-19-10-9-16-7-8-17-15(18)14-13-5-3-2-4-12(13)6-11-20-14;/h2-5,14,16H,6-11H2,1H3,(H,17,18);1H. The molecular weight excluding hydrogens is 308 g/mol. The van der Waals surface area contributed by atoms with Crippen LogP contribution in [0, 0.1) is 0 Å². The van der Waals surface area contributed by atoms with Gasteiger partial charge in [-0.15, -0.1) is 24.2 Å². The number of hydrogen-bond donors (Lipinski definition) is 2. The van der Waals surface area contributed by atoms with E-state index >= 15 is 0 Å². The Bertz CT molecular complexity index is 445. The maximum atomic E-state index is 12.3. The molecule has 0 spiro atoms. The molecule has 21 heavy (non-hydrogen) atoms. The second-order valence-corrected chi connectivity index (χ2v) is 5.95. The maximum absolute atomic E-state index is 12.3. The molecule has 0 bridgehead atoms. The normalized spacial score (nSPS) is 16.7. The van der Waals surface area contributed by atoms with Crippen LogP contribution in [0.1, 0.15) is 16.4 Å². The number of fused-ring (bicyclic) bond motifs is 1. The number of amides is 1. The first kappa shape index (κ1) is 18.3. The highest BCUT2D eigenvalue weighted by Crippen LogP contribution is 2.36. The number of benzene rings is 1.